The van der Waals surface area contributed by atoms with Crippen LogP contribution in [0.2, 0.25) is 0 Å². The number of fused-ring (bicyclic) bond motifs is 1. The Hall–Kier alpha value is -1.84. The monoisotopic (exact) mass is 246 g/mol. The van der Waals surface area contributed by atoms with E-state index in [0.717, 1.165) is 0 Å². The second-order valence-corrected chi connectivity index (χ2v) is 5.83. The molecule has 1 aliphatic rings. The number of carbonyl (C=O) groups is 2. The standard InChI is InChI=1S/C14H18N2O2/c1-14(2,3)8-11-13(18)15-10-7-5-4-6-9(10)12(17)16-11/h4-7,11H,8H2,1-3H3,(H,15,18)(H,16,17)/t11-/m1/s1. The Kier molecular flexibility index (Phi) is 3.11. The third kappa shape index (κ3) is 2.70. The number of amides is 2. The van der Waals surface area contributed by atoms with Crippen LogP contribution in [0.5, 0.6) is 0 Å². The summed E-state index contributed by atoms with van der Waals surface area (Å²) in [5, 5.41) is 5.59. The first-order chi connectivity index (χ1) is 8.37. The van der Waals surface area contributed by atoms with Gasteiger partial charge < -0.3 is 10.6 Å². The number of hydrogen-bond acceptors (Lipinski definition) is 2. The topological polar surface area (TPSA) is 58.2 Å². The lowest BCUT2D eigenvalue weighted by atomic mass is 9.88. The van der Waals surface area contributed by atoms with E-state index in [2.05, 4.69) is 10.6 Å². The molecule has 2 amide bonds. The molecule has 2 N–H and O–H groups in total. The molecule has 96 valence electrons. The van der Waals surface area contributed by atoms with Gasteiger partial charge in [-0.25, -0.2) is 0 Å². The predicted molar refractivity (Wildman–Crippen MR) is 70.4 cm³/mol. The molecule has 1 heterocycles. The molecule has 0 spiro atoms. The SMILES string of the molecule is CC(C)(C)C[C@H]1NC(=O)c2ccccc2NC1=O. The van der Waals surface area contributed by atoms with E-state index in [-0.39, 0.29) is 17.2 Å². The maximum atomic E-state index is 12.1. The highest BCUT2D eigenvalue weighted by Crippen LogP contribution is 2.24. The van der Waals surface area contributed by atoms with Gasteiger partial charge in [-0.15, -0.1) is 0 Å². The fourth-order valence-electron chi connectivity index (χ4n) is 2.07. The number of carbonyl (C=O) groups excluding carboxylic acids is 2. The highest BCUT2D eigenvalue weighted by atomic mass is 16.2. The number of hydrogen-bond donors (Lipinski definition) is 2. The van der Waals surface area contributed by atoms with Crippen LogP contribution in [0.25, 0.3) is 0 Å². The molecular formula is C14H18N2O2. The first-order valence-corrected chi connectivity index (χ1v) is 6.07. The molecule has 4 heteroatoms. The van der Waals surface area contributed by atoms with Crippen LogP contribution in [0.15, 0.2) is 24.3 Å². The zero-order valence-electron chi connectivity index (χ0n) is 10.9. The van der Waals surface area contributed by atoms with Crippen molar-refractivity contribution in [3.8, 4) is 0 Å². The molecule has 4 nitrogen and oxygen atoms in total. The summed E-state index contributed by atoms with van der Waals surface area (Å²) in [6.45, 7) is 6.14. The van der Waals surface area contributed by atoms with Gasteiger partial charge in [-0.2, -0.15) is 0 Å². The number of anilines is 1. The maximum absolute atomic E-state index is 12.1. The van der Waals surface area contributed by atoms with Gasteiger partial charge >= 0.3 is 0 Å². The molecule has 0 saturated carbocycles. The van der Waals surface area contributed by atoms with E-state index in [1.807, 2.05) is 20.8 Å². The predicted octanol–water partition coefficient (Wildman–Crippen LogP) is 2.17. The quantitative estimate of drug-likeness (QED) is 0.798. The second-order valence-electron chi connectivity index (χ2n) is 5.83. The summed E-state index contributed by atoms with van der Waals surface area (Å²) in [5.41, 5.74) is 1.07. The molecule has 1 aromatic rings. The van der Waals surface area contributed by atoms with Crippen LogP contribution in [0.4, 0.5) is 5.69 Å². The third-order valence-corrected chi connectivity index (χ3v) is 2.87. The van der Waals surface area contributed by atoms with Crippen LogP contribution in [0, 0.1) is 5.41 Å². The first kappa shape index (κ1) is 12.6. The second kappa shape index (κ2) is 4.44. The zero-order valence-corrected chi connectivity index (χ0v) is 10.9. The van der Waals surface area contributed by atoms with Gasteiger partial charge in [0.2, 0.25) is 5.91 Å². The van der Waals surface area contributed by atoms with E-state index in [1.165, 1.54) is 0 Å². The average Bonchev–Trinajstić information content (AvgIpc) is 2.36. The molecular weight excluding hydrogens is 228 g/mol. The van der Waals surface area contributed by atoms with Gasteiger partial charge in [0.1, 0.15) is 6.04 Å². The van der Waals surface area contributed by atoms with Crippen molar-refractivity contribution < 1.29 is 9.59 Å². The molecule has 0 aliphatic carbocycles. The molecule has 18 heavy (non-hydrogen) atoms. The Balaban J connectivity index is 2.28. The normalized spacial score (nSPS) is 19.6. The molecule has 1 aromatic carbocycles. The van der Waals surface area contributed by atoms with Crippen molar-refractivity contribution in [2.45, 2.75) is 33.2 Å². The van der Waals surface area contributed by atoms with Gasteiger partial charge in [0.25, 0.3) is 5.91 Å². The van der Waals surface area contributed by atoms with E-state index in [9.17, 15) is 9.59 Å². The lowest BCUT2D eigenvalue weighted by Crippen LogP contribution is -2.43. The largest absolute Gasteiger partial charge is 0.340 e. The average molecular weight is 246 g/mol. The summed E-state index contributed by atoms with van der Waals surface area (Å²) in [7, 11) is 0. The molecule has 0 unspecified atom stereocenters. The highest BCUT2D eigenvalue weighted by Gasteiger charge is 2.30. The number of benzene rings is 1. The summed E-state index contributed by atoms with van der Waals surface area (Å²) >= 11 is 0. The van der Waals surface area contributed by atoms with E-state index in [0.29, 0.717) is 17.7 Å². The van der Waals surface area contributed by atoms with E-state index < -0.39 is 6.04 Å². The minimum absolute atomic E-state index is 0.0220. The molecule has 1 atom stereocenters. The summed E-state index contributed by atoms with van der Waals surface area (Å²) in [6.07, 6.45) is 0.610. The number of para-hydroxylation sites is 1. The Bertz CT molecular complexity index is 489. The maximum Gasteiger partial charge on any atom is 0.254 e. The van der Waals surface area contributed by atoms with Crippen LogP contribution in [-0.2, 0) is 4.79 Å². The van der Waals surface area contributed by atoms with Gasteiger partial charge in [-0.3, -0.25) is 9.59 Å². The molecule has 0 bridgehead atoms. The smallest absolute Gasteiger partial charge is 0.254 e. The molecule has 0 radical (unpaired) electrons. The molecule has 0 saturated heterocycles. The first-order valence-electron chi connectivity index (χ1n) is 6.07. The van der Waals surface area contributed by atoms with Gasteiger partial charge in [-0.1, -0.05) is 32.9 Å². The van der Waals surface area contributed by atoms with Crippen LogP contribution in [0.3, 0.4) is 0 Å². The van der Waals surface area contributed by atoms with Crippen LogP contribution >= 0.6 is 0 Å². The minimum Gasteiger partial charge on any atom is -0.340 e. The van der Waals surface area contributed by atoms with E-state index >= 15 is 0 Å². The van der Waals surface area contributed by atoms with Crippen molar-refractivity contribution in [3.63, 3.8) is 0 Å². The van der Waals surface area contributed by atoms with Crippen LogP contribution < -0.4 is 10.6 Å². The molecule has 1 aliphatic heterocycles. The highest BCUT2D eigenvalue weighted by molar-refractivity contribution is 6.09. The minimum atomic E-state index is -0.482. The van der Waals surface area contributed by atoms with Crippen molar-refractivity contribution in [3.05, 3.63) is 29.8 Å². The summed E-state index contributed by atoms with van der Waals surface area (Å²) in [4.78, 5) is 24.1. The molecule has 0 aromatic heterocycles. The molecule has 2 rings (SSSR count). The van der Waals surface area contributed by atoms with Crippen molar-refractivity contribution in [1.29, 1.82) is 0 Å². The number of nitrogens with one attached hydrogen (secondary N) is 2. The zero-order chi connectivity index (χ0) is 13.3. The Labute approximate surface area is 107 Å². The Morgan fingerprint density at radius 1 is 1.17 bits per heavy atom. The fraction of sp³-hybridized carbons (Fsp3) is 0.429. The molecule has 0 fully saturated rings. The fourth-order valence-corrected chi connectivity index (χ4v) is 2.07. The van der Waals surface area contributed by atoms with Gasteiger partial charge in [0.05, 0.1) is 11.3 Å². The van der Waals surface area contributed by atoms with Gasteiger partial charge in [-0.05, 0) is 24.0 Å². The van der Waals surface area contributed by atoms with Crippen molar-refractivity contribution in [1.82, 2.24) is 5.32 Å². The van der Waals surface area contributed by atoms with Crippen LogP contribution in [0.1, 0.15) is 37.6 Å². The van der Waals surface area contributed by atoms with E-state index in [1.54, 1.807) is 24.3 Å². The van der Waals surface area contributed by atoms with Gasteiger partial charge in [0, 0.05) is 0 Å². The van der Waals surface area contributed by atoms with Crippen molar-refractivity contribution in [2.75, 3.05) is 5.32 Å². The number of rotatable bonds is 1. The van der Waals surface area contributed by atoms with Crippen LogP contribution in [-0.4, -0.2) is 17.9 Å². The third-order valence-electron chi connectivity index (χ3n) is 2.87. The van der Waals surface area contributed by atoms with E-state index in [4.69, 9.17) is 0 Å². The Morgan fingerprint density at radius 3 is 2.50 bits per heavy atom. The summed E-state index contributed by atoms with van der Waals surface area (Å²) < 4.78 is 0. The Morgan fingerprint density at radius 2 is 1.83 bits per heavy atom. The summed E-state index contributed by atoms with van der Waals surface area (Å²) in [5.74, 6) is -0.346. The van der Waals surface area contributed by atoms with Crippen molar-refractivity contribution >= 4 is 17.5 Å². The lowest BCUT2D eigenvalue weighted by molar-refractivity contribution is -0.118. The lowest BCUT2D eigenvalue weighted by Gasteiger charge is -2.24. The van der Waals surface area contributed by atoms with Gasteiger partial charge in [0.15, 0.2) is 0 Å². The summed E-state index contributed by atoms with van der Waals surface area (Å²) in [6, 6.07) is 6.56. The van der Waals surface area contributed by atoms with Crippen molar-refractivity contribution in [2.24, 2.45) is 5.41 Å².